The van der Waals surface area contributed by atoms with Crippen LogP contribution in [0.3, 0.4) is 0 Å². The highest BCUT2D eigenvalue weighted by atomic mass is 32.1. The summed E-state index contributed by atoms with van der Waals surface area (Å²) in [5, 5.41) is 6.99. The molecule has 0 aliphatic carbocycles. The van der Waals surface area contributed by atoms with Gasteiger partial charge in [-0.2, -0.15) is 5.10 Å². The maximum Gasteiger partial charge on any atom is 0.228 e. The van der Waals surface area contributed by atoms with Crippen LogP contribution in [-0.4, -0.2) is 27.7 Å². The number of thiazole rings is 1. The van der Waals surface area contributed by atoms with Gasteiger partial charge >= 0.3 is 0 Å². The third-order valence-corrected chi connectivity index (χ3v) is 4.50. The Labute approximate surface area is 139 Å². The van der Waals surface area contributed by atoms with Gasteiger partial charge in [-0.15, -0.1) is 11.3 Å². The van der Waals surface area contributed by atoms with Gasteiger partial charge in [0, 0.05) is 44.1 Å². The Morgan fingerprint density at radius 3 is 2.74 bits per heavy atom. The first-order valence-electron chi connectivity index (χ1n) is 7.39. The van der Waals surface area contributed by atoms with Crippen LogP contribution in [0, 0.1) is 0 Å². The van der Waals surface area contributed by atoms with Gasteiger partial charge in [-0.05, 0) is 6.07 Å². The van der Waals surface area contributed by atoms with Gasteiger partial charge in [-0.1, -0.05) is 30.3 Å². The molecule has 23 heavy (non-hydrogen) atoms. The van der Waals surface area contributed by atoms with Crippen molar-refractivity contribution in [3.05, 3.63) is 53.7 Å². The quantitative estimate of drug-likeness (QED) is 0.724. The lowest BCUT2D eigenvalue weighted by Gasteiger charge is -2.13. The van der Waals surface area contributed by atoms with Crippen molar-refractivity contribution in [2.24, 2.45) is 7.05 Å². The Hall–Kier alpha value is -2.47. The average Bonchev–Trinajstić information content (AvgIpc) is 3.22. The molecule has 5 nitrogen and oxygen atoms in total. The molecule has 0 N–H and O–H groups in total. The second-order valence-corrected chi connectivity index (χ2v) is 6.15. The van der Waals surface area contributed by atoms with Crippen molar-refractivity contribution >= 4 is 22.4 Å². The number of rotatable bonds is 5. The van der Waals surface area contributed by atoms with E-state index in [2.05, 4.69) is 10.1 Å². The molecule has 0 spiro atoms. The lowest BCUT2D eigenvalue weighted by molar-refractivity contribution is -0.118. The minimum absolute atomic E-state index is 0.0459. The van der Waals surface area contributed by atoms with Crippen molar-refractivity contribution in [2.45, 2.75) is 12.8 Å². The van der Waals surface area contributed by atoms with Gasteiger partial charge in [0.2, 0.25) is 5.91 Å². The molecule has 0 radical (unpaired) electrons. The lowest BCUT2D eigenvalue weighted by atomic mass is 10.2. The van der Waals surface area contributed by atoms with Crippen LogP contribution in [0.15, 0.2) is 48.0 Å². The molecular formula is C17H18N4OS. The molecule has 0 bridgehead atoms. The fourth-order valence-corrected chi connectivity index (χ4v) is 3.08. The van der Waals surface area contributed by atoms with Crippen LogP contribution >= 0.6 is 11.3 Å². The zero-order chi connectivity index (χ0) is 16.2. The molecule has 0 unspecified atom stereocenters. The molecule has 0 atom stereocenters. The molecule has 0 saturated carbocycles. The maximum absolute atomic E-state index is 12.3. The highest BCUT2D eigenvalue weighted by Gasteiger charge is 2.15. The van der Waals surface area contributed by atoms with E-state index in [0.29, 0.717) is 12.8 Å². The van der Waals surface area contributed by atoms with Gasteiger partial charge < -0.3 is 0 Å². The van der Waals surface area contributed by atoms with E-state index in [-0.39, 0.29) is 5.91 Å². The van der Waals surface area contributed by atoms with Crippen LogP contribution in [0.5, 0.6) is 0 Å². The van der Waals surface area contributed by atoms with Crippen molar-refractivity contribution < 1.29 is 4.79 Å². The molecule has 1 aromatic carbocycles. The van der Waals surface area contributed by atoms with Crippen LogP contribution < -0.4 is 4.90 Å². The highest BCUT2D eigenvalue weighted by molar-refractivity contribution is 7.14. The van der Waals surface area contributed by atoms with Crippen molar-refractivity contribution in [1.82, 2.24) is 14.8 Å². The van der Waals surface area contributed by atoms with Crippen LogP contribution in [-0.2, 0) is 18.3 Å². The van der Waals surface area contributed by atoms with Crippen molar-refractivity contribution in [2.75, 3.05) is 11.9 Å². The number of aromatic nitrogens is 3. The Kier molecular flexibility index (Phi) is 4.52. The maximum atomic E-state index is 12.3. The minimum Gasteiger partial charge on any atom is -0.291 e. The van der Waals surface area contributed by atoms with Crippen LogP contribution in [0.2, 0.25) is 0 Å². The van der Waals surface area contributed by atoms with Crippen LogP contribution in [0.1, 0.15) is 12.1 Å². The fraction of sp³-hybridized carbons (Fsp3) is 0.235. The summed E-state index contributed by atoms with van der Waals surface area (Å²) in [6, 6.07) is 11.9. The van der Waals surface area contributed by atoms with Crippen molar-refractivity contribution in [3.8, 4) is 11.3 Å². The number of carbonyl (C=O) groups excluding carboxylic acids is 1. The Morgan fingerprint density at radius 1 is 1.26 bits per heavy atom. The summed E-state index contributed by atoms with van der Waals surface area (Å²) in [6.45, 7) is 0. The summed E-state index contributed by atoms with van der Waals surface area (Å²) in [5.74, 6) is 0.0459. The van der Waals surface area contributed by atoms with Gasteiger partial charge in [0.15, 0.2) is 5.13 Å². The number of nitrogens with zero attached hydrogens (tertiary/aromatic N) is 4. The smallest absolute Gasteiger partial charge is 0.228 e. The summed E-state index contributed by atoms with van der Waals surface area (Å²) in [7, 11) is 3.65. The molecule has 1 amide bonds. The van der Waals surface area contributed by atoms with Gasteiger partial charge in [0.05, 0.1) is 11.4 Å². The summed E-state index contributed by atoms with van der Waals surface area (Å²) >= 11 is 1.48. The molecule has 2 aromatic heterocycles. The number of amides is 1. The van der Waals surface area contributed by atoms with E-state index in [1.807, 2.05) is 55.0 Å². The number of carbonyl (C=O) groups is 1. The summed E-state index contributed by atoms with van der Waals surface area (Å²) < 4.78 is 1.75. The van der Waals surface area contributed by atoms with E-state index >= 15 is 0 Å². The first-order chi connectivity index (χ1) is 11.1. The average molecular weight is 326 g/mol. The molecule has 0 aliphatic rings. The first kappa shape index (κ1) is 15.4. The predicted octanol–water partition coefficient (Wildman–Crippen LogP) is 3.14. The monoisotopic (exact) mass is 326 g/mol. The number of anilines is 1. The summed E-state index contributed by atoms with van der Waals surface area (Å²) in [6.07, 6.45) is 2.95. The third kappa shape index (κ3) is 3.65. The molecule has 2 heterocycles. The van der Waals surface area contributed by atoms with E-state index in [0.717, 1.165) is 22.1 Å². The number of hydrogen-bond acceptors (Lipinski definition) is 4. The molecule has 0 fully saturated rings. The fourth-order valence-electron chi connectivity index (χ4n) is 2.27. The Balaban J connectivity index is 1.64. The molecule has 3 rings (SSSR count). The lowest BCUT2D eigenvalue weighted by Crippen LogP contribution is -2.26. The second-order valence-electron chi connectivity index (χ2n) is 5.31. The van der Waals surface area contributed by atoms with Crippen molar-refractivity contribution in [3.63, 3.8) is 0 Å². The Bertz CT molecular complexity index is 794. The van der Waals surface area contributed by atoms with Crippen molar-refractivity contribution in [1.29, 1.82) is 0 Å². The van der Waals surface area contributed by atoms with Gasteiger partial charge in [0.25, 0.3) is 0 Å². The van der Waals surface area contributed by atoms with E-state index < -0.39 is 0 Å². The molecule has 0 saturated heterocycles. The zero-order valence-electron chi connectivity index (χ0n) is 13.1. The van der Waals surface area contributed by atoms with E-state index in [1.165, 1.54) is 11.3 Å². The molecular weight excluding hydrogens is 308 g/mol. The zero-order valence-corrected chi connectivity index (χ0v) is 14.0. The first-order valence-corrected chi connectivity index (χ1v) is 8.27. The largest absolute Gasteiger partial charge is 0.291 e. The van der Waals surface area contributed by atoms with Gasteiger partial charge in [-0.3, -0.25) is 14.4 Å². The SMILES string of the molecule is CN(C(=O)CCc1ccn(C)n1)c1nc(-c2ccccc2)cs1. The van der Waals surface area contributed by atoms with E-state index in [9.17, 15) is 4.79 Å². The third-order valence-electron chi connectivity index (χ3n) is 3.59. The van der Waals surface area contributed by atoms with E-state index in [1.54, 1.807) is 16.6 Å². The van der Waals surface area contributed by atoms with Gasteiger partial charge in [0.1, 0.15) is 0 Å². The predicted molar refractivity (Wildman–Crippen MR) is 92.5 cm³/mol. The minimum atomic E-state index is 0.0459. The topological polar surface area (TPSA) is 51.0 Å². The number of benzene rings is 1. The summed E-state index contributed by atoms with van der Waals surface area (Å²) in [4.78, 5) is 18.5. The molecule has 6 heteroatoms. The molecule has 3 aromatic rings. The second kappa shape index (κ2) is 6.75. The highest BCUT2D eigenvalue weighted by Crippen LogP contribution is 2.27. The normalized spacial score (nSPS) is 10.7. The molecule has 118 valence electrons. The van der Waals surface area contributed by atoms with Gasteiger partial charge in [-0.25, -0.2) is 4.98 Å². The van der Waals surface area contributed by atoms with E-state index in [4.69, 9.17) is 0 Å². The molecule has 0 aliphatic heterocycles. The number of hydrogen-bond donors (Lipinski definition) is 0. The van der Waals surface area contributed by atoms with Crippen LogP contribution in [0.25, 0.3) is 11.3 Å². The number of aryl methyl sites for hydroxylation is 2. The standard InChI is InChI=1S/C17H18N4OS/c1-20-11-10-14(19-20)8-9-16(22)21(2)17-18-15(12-23-17)13-6-4-3-5-7-13/h3-7,10-12H,8-9H2,1-2H3. The van der Waals surface area contributed by atoms with Crippen LogP contribution in [0.4, 0.5) is 5.13 Å². The Morgan fingerprint density at radius 2 is 2.04 bits per heavy atom. The summed E-state index contributed by atoms with van der Waals surface area (Å²) in [5.41, 5.74) is 2.89.